The van der Waals surface area contributed by atoms with Crippen molar-refractivity contribution in [3.8, 4) is 0 Å². The molecule has 3 nitrogen and oxygen atoms in total. The topological polar surface area (TPSA) is 42.0 Å². The zero-order chi connectivity index (χ0) is 15.0. The van der Waals surface area contributed by atoms with Crippen LogP contribution in [0.5, 0.6) is 0 Å². The van der Waals surface area contributed by atoms with Gasteiger partial charge < -0.3 is 0 Å². The molecule has 0 bridgehead atoms. The number of carbonyl (C=O) groups excluding carboxylic acids is 1. The Hall–Kier alpha value is -2.46. The number of hydrogen-bond donors (Lipinski definition) is 1. The van der Waals surface area contributed by atoms with E-state index in [1.54, 1.807) is 24.3 Å². The molecule has 0 aliphatic heterocycles. The highest BCUT2D eigenvalue weighted by atomic mass is 32.1. The molecule has 0 unspecified atom stereocenters. The van der Waals surface area contributed by atoms with Gasteiger partial charge >= 0.3 is 0 Å². The molecule has 0 aliphatic carbocycles. The van der Waals surface area contributed by atoms with Crippen LogP contribution in [0.4, 0.5) is 5.13 Å². The molecule has 0 aromatic carbocycles. The number of hydrogen-bond acceptors (Lipinski definition) is 3. The van der Waals surface area contributed by atoms with Gasteiger partial charge in [0, 0.05) is 16.5 Å². The first-order valence-electron chi connectivity index (χ1n) is 5.83. The van der Waals surface area contributed by atoms with Crippen LogP contribution in [-0.2, 0) is 4.79 Å². The van der Waals surface area contributed by atoms with Gasteiger partial charge in [0.15, 0.2) is 5.13 Å². The van der Waals surface area contributed by atoms with E-state index in [0.717, 1.165) is 11.3 Å². The van der Waals surface area contributed by atoms with Crippen molar-refractivity contribution in [2.24, 2.45) is 0 Å². The lowest BCUT2D eigenvalue weighted by atomic mass is 10.2. The highest BCUT2D eigenvalue weighted by Crippen LogP contribution is 2.22. The van der Waals surface area contributed by atoms with Gasteiger partial charge in [-0.3, -0.25) is 10.1 Å². The van der Waals surface area contributed by atoms with Gasteiger partial charge in [-0.05, 0) is 0 Å². The van der Waals surface area contributed by atoms with E-state index in [1.165, 1.54) is 23.5 Å². The lowest BCUT2D eigenvalue weighted by Gasteiger charge is -2.01. The second-order valence-corrected chi connectivity index (χ2v) is 4.47. The molecule has 1 aromatic rings. The number of rotatable bonds is 7. The molecule has 0 spiro atoms. The maximum atomic E-state index is 11.9. The smallest absolute Gasteiger partial charge is 0.257 e. The van der Waals surface area contributed by atoms with E-state index in [4.69, 9.17) is 0 Å². The summed E-state index contributed by atoms with van der Waals surface area (Å²) in [4.78, 5) is 16.3. The van der Waals surface area contributed by atoms with Crippen LogP contribution in [0, 0.1) is 0 Å². The molecular weight excluding hydrogens is 268 g/mol. The summed E-state index contributed by atoms with van der Waals surface area (Å²) in [7, 11) is 0. The molecule has 1 rings (SSSR count). The van der Waals surface area contributed by atoms with Crippen LogP contribution in [0.15, 0.2) is 73.7 Å². The molecule has 0 saturated heterocycles. The summed E-state index contributed by atoms with van der Waals surface area (Å²) in [6, 6.07) is 0. The van der Waals surface area contributed by atoms with Crippen molar-refractivity contribution in [1.82, 2.24) is 4.98 Å². The minimum absolute atomic E-state index is 0.270. The third-order valence-electron chi connectivity index (χ3n) is 2.32. The monoisotopic (exact) mass is 284 g/mol. The Kier molecular flexibility index (Phi) is 6.13. The van der Waals surface area contributed by atoms with Gasteiger partial charge in [0.05, 0.1) is 5.69 Å². The summed E-state index contributed by atoms with van der Waals surface area (Å²) in [6.07, 6.45) is 9.75. The summed E-state index contributed by atoms with van der Waals surface area (Å²) >= 11 is 1.34. The highest BCUT2D eigenvalue weighted by Gasteiger charge is 2.09. The van der Waals surface area contributed by atoms with Crippen molar-refractivity contribution in [2.45, 2.75) is 0 Å². The quantitative estimate of drug-likeness (QED) is 0.604. The molecule has 102 valence electrons. The van der Waals surface area contributed by atoms with Crippen molar-refractivity contribution in [3.05, 3.63) is 79.4 Å². The second kappa shape index (κ2) is 7.86. The Bertz CT molecular complexity index is 606. The van der Waals surface area contributed by atoms with Crippen molar-refractivity contribution in [2.75, 3.05) is 5.32 Å². The Morgan fingerprint density at radius 3 is 2.40 bits per heavy atom. The molecule has 1 amide bonds. The standard InChI is InChI=1S/C16H16N2OS/c1-5-9-12(7-3)14-11-20-16(17-14)18-15(19)13(8-4)10-6-2/h5-11H,1-4H2,(H,17,18,19)/b12-9+,13-10+. The Balaban J connectivity index is 2.91. The number of thiazole rings is 1. The van der Waals surface area contributed by atoms with Crippen LogP contribution < -0.4 is 5.32 Å². The fourth-order valence-corrected chi connectivity index (χ4v) is 2.10. The molecule has 4 heteroatoms. The first-order chi connectivity index (χ1) is 9.65. The van der Waals surface area contributed by atoms with Gasteiger partial charge in [-0.25, -0.2) is 4.98 Å². The maximum Gasteiger partial charge on any atom is 0.257 e. The lowest BCUT2D eigenvalue weighted by molar-refractivity contribution is -0.112. The molecule has 0 aliphatic rings. The van der Waals surface area contributed by atoms with Crippen molar-refractivity contribution in [3.63, 3.8) is 0 Å². The fraction of sp³-hybridized carbons (Fsp3) is 0. The largest absolute Gasteiger partial charge is 0.298 e. The minimum atomic E-state index is -0.270. The van der Waals surface area contributed by atoms with Crippen LogP contribution in [-0.4, -0.2) is 10.9 Å². The van der Waals surface area contributed by atoms with Gasteiger partial charge in [0.2, 0.25) is 0 Å². The Labute approximate surface area is 123 Å². The van der Waals surface area contributed by atoms with Crippen molar-refractivity contribution >= 4 is 27.9 Å². The van der Waals surface area contributed by atoms with E-state index in [1.807, 2.05) is 5.38 Å². The van der Waals surface area contributed by atoms with Gasteiger partial charge in [0.1, 0.15) is 0 Å². The third kappa shape index (κ3) is 4.03. The first kappa shape index (κ1) is 15.6. The molecule has 0 radical (unpaired) electrons. The van der Waals surface area contributed by atoms with E-state index in [2.05, 4.69) is 36.6 Å². The molecule has 0 atom stereocenters. The summed E-state index contributed by atoms with van der Waals surface area (Å²) in [5.41, 5.74) is 2.03. The number of anilines is 1. The molecule has 0 fully saturated rings. The SMILES string of the molecule is C=C/C=C(\C=C)C(=O)Nc1nc(/C(C=C)=C/C=C)cs1. The van der Waals surface area contributed by atoms with Crippen molar-refractivity contribution < 1.29 is 4.79 Å². The van der Waals surface area contributed by atoms with E-state index in [-0.39, 0.29) is 5.91 Å². The molecule has 1 heterocycles. The first-order valence-corrected chi connectivity index (χ1v) is 6.71. The van der Waals surface area contributed by atoms with Crippen LogP contribution in [0.3, 0.4) is 0 Å². The van der Waals surface area contributed by atoms with E-state index < -0.39 is 0 Å². The van der Waals surface area contributed by atoms with Gasteiger partial charge in [-0.15, -0.1) is 11.3 Å². The molecule has 1 aromatic heterocycles. The number of amides is 1. The summed E-state index contributed by atoms with van der Waals surface area (Å²) < 4.78 is 0. The maximum absolute atomic E-state index is 11.9. The Morgan fingerprint density at radius 2 is 1.85 bits per heavy atom. The van der Waals surface area contributed by atoms with Crippen LogP contribution in [0.1, 0.15) is 5.69 Å². The fourth-order valence-electron chi connectivity index (χ4n) is 1.38. The van der Waals surface area contributed by atoms with Crippen molar-refractivity contribution in [1.29, 1.82) is 0 Å². The molecule has 0 saturated carbocycles. The Morgan fingerprint density at radius 1 is 1.15 bits per heavy atom. The number of nitrogens with zero attached hydrogens (tertiary/aromatic N) is 1. The zero-order valence-corrected chi connectivity index (χ0v) is 12.0. The van der Waals surface area contributed by atoms with Crippen LogP contribution in [0.25, 0.3) is 5.57 Å². The normalized spacial score (nSPS) is 11.6. The minimum Gasteiger partial charge on any atom is -0.298 e. The summed E-state index contributed by atoms with van der Waals surface area (Å²) in [5.74, 6) is -0.270. The average Bonchev–Trinajstić information content (AvgIpc) is 2.90. The van der Waals surface area contributed by atoms with Gasteiger partial charge in [-0.1, -0.05) is 62.8 Å². The van der Waals surface area contributed by atoms with E-state index in [9.17, 15) is 4.79 Å². The summed E-state index contributed by atoms with van der Waals surface area (Å²) in [6.45, 7) is 14.5. The van der Waals surface area contributed by atoms with E-state index in [0.29, 0.717) is 10.7 Å². The highest BCUT2D eigenvalue weighted by molar-refractivity contribution is 7.14. The summed E-state index contributed by atoms with van der Waals surface area (Å²) in [5, 5.41) is 5.07. The zero-order valence-electron chi connectivity index (χ0n) is 11.1. The molecule has 1 N–H and O–H groups in total. The predicted octanol–water partition coefficient (Wildman–Crippen LogP) is 4.14. The number of aromatic nitrogens is 1. The van der Waals surface area contributed by atoms with E-state index >= 15 is 0 Å². The van der Waals surface area contributed by atoms with Gasteiger partial charge in [-0.2, -0.15) is 0 Å². The van der Waals surface area contributed by atoms with Gasteiger partial charge in [0.25, 0.3) is 5.91 Å². The number of carbonyl (C=O) groups is 1. The number of allylic oxidation sites excluding steroid dienone is 6. The molecule has 20 heavy (non-hydrogen) atoms. The second-order valence-electron chi connectivity index (χ2n) is 3.62. The van der Waals surface area contributed by atoms with Crippen LogP contribution in [0.2, 0.25) is 0 Å². The number of nitrogens with one attached hydrogen (secondary N) is 1. The third-order valence-corrected chi connectivity index (χ3v) is 3.07. The lowest BCUT2D eigenvalue weighted by Crippen LogP contribution is -2.12. The predicted molar refractivity (Wildman–Crippen MR) is 87.6 cm³/mol. The van der Waals surface area contributed by atoms with Crippen LogP contribution >= 0.6 is 11.3 Å². The average molecular weight is 284 g/mol. The molecular formula is C16H16N2OS.